The van der Waals surface area contributed by atoms with E-state index in [0.29, 0.717) is 12.1 Å². The van der Waals surface area contributed by atoms with E-state index in [1.807, 2.05) is 47.2 Å². The number of nitrogens with one attached hydrogen (secondary N) is 1. The molecular formula is C27H30N6O. The van der Waals surface area contributed by atoms with Crippen LogP contribution in [0.4, 0.5) is 5.82 Å². The van der Waals surface area contributed by atoms with E-state index in [1.54, 1.807) is 12.5 Å². The van der Waals surface area contributed by atoms with Gasteiger partial charge in [-0.1, -0.05) is 43.2 Å². The topological polar surface area (TPSA) is 75.9 Å². The van der Waals surface area contributed by atoms with Crippen LogP contribution in [0.2, 0.25) is 0 Å². The van der Waals surface area contributed by atoms with Gasteiger partial charge in [0.15, 0.2) is 5.82 Å². The first-order chi connectivity index (χ1) is 16.8. The standard InChI is InChI=1S/C27H30N6O/c34-27(29-13-8-15-32-18-14-28-20-32)22-11-12-23-24(19-22)30-25(21-9-4-3-5-10-21)26(31-23)33-16-6-1-2-7-17-33/h3-5,9-12,14,18-20H,1-2,6-8,13,15-17H2,(H,29,34). The van der Waals surface area contributed by atoms with Crippen LogP contribution in [0.1, 0.15) is 42.5 Å². The van der Waals surface area contributed by atoms with Crippen LogP contribution >= 0.6 is 0 Å². The highest BCUT2D eigenvalue weighted by Crippen LogP contribution is 2.31. The largest absolute Gasteiger partial charge is 0.355 e. The minimum atomic E-state index is -0.0906. The summed E-state index contributed by atoms with van der Waals surface area (Å²) >= 11 is 0. The molecule has 1 aliphatic rings. The van der Waals surface area contributed by atoms with E-state index in [-0.39, 0.29) is 5.91 Å². The fourth-order valence-corrected chi connectivity index (χ4v) is 4.46. The average molecular weight is 455 g/mol. The van der Waals surface area contributed by atoms with E-state index in [4.69, 9.17) is 9.97 Å². The van der Waals surface area contributed by atoms with E-state index in [2.05, 4.69) is 27.3 Å². The van der Waals surface area contributed by atoms with E-state index in [1.165, 1.54) is 25.7 Å². The van der Waals surface area contributed by atoms with Crippen LogP contribution in [-0.4, -0.2) is 45.1 Å². The van der Waals surface area contributed by atoms with Crippen molar-refractivity contribution in [2.75, 3.05) is 24.5 Å². The van der Waals surface area contributed by atoms with Crippen molar-refractivity contribution in [1.29, 1.82) is 0 Å². The predicted molar refractivity (Wildman–Crippen MR) is 135 cm³/mol. The van der Waals surface area contributed by atoms with Crippen LogP contribution in [0, 0.1) is 0 Å². The number of anilines is 1. The first-order valence-corrected chi connectivity index (χ1v) is 12.1. The number of carbonyl (C=O) groups is 1. The third-order valence-electron chi connectivity index (χ3n) is 6.30. The normalized spacial score (nSPS) is 14.2. The molecule has 2 aromatic heterocycles. The Morgan fingerprint density at radius 3 is 2.53 bits per heavy atom. The summed E-state index contributed by atoms with van der Waals surface area (Å²) in [6, 6.07) is 15.8. The zero-order valence-electron chi connectivity index (χ0n) is 19.4. The van der Waals surface area contributed by atoms with E-state index in [9.17, 15) is 4.79 Å². The molecule has 7 nitrogen and oxygen atoms in total. The molecule has 174 valence electrons. The lowest BCUT2D eigenvalue weighted by molar-refractivity contribution is 0.0953. The van der Waals surface area contributed by atoms with E-state index >= 15 is 0 Å². The summed E-state index contributed by atoms with van der Waals surface area (Å²) in [7, 11) is 0. The Morgan fingerprint density at radius 2 is 1.76 bits per heavy atom. The molecule has 0 radical (unpaired) electrons. The summed E-state index contributed by atoms with van der Waals surface area (Å²) in [5.74, 6) is 0.851. The molecule has 34 heavy (non-hydrogen) atoms. The van der Waals surface area contributed by atoms with Gasteiger partial charge in [-0.05, 0) is 37.5 Å². The van der Waals surface area contributed by atoms with Crippen LogP contribution in [-0.2, 0) is 6.54 Å². The number of aryl methyl sites for hydroxylation is 1. The van der Waals surface area contributed by atoms with Gasteiger partial charge in [-0.25, -0.2) is 15.0 Å². The molecule has 1 fully saturated rings. The molecule has 0 bridgehead atoms. The minimum Gasteiger partial charge on any atom is -0.355 e. The van der Waals surface area contributed by atoms with Gasteiger partial charge in [0, 0.05) is 49.7 Å². The third-order valence-corrected chi connectivity index (χ3v) is 6.30. The Balaban J connectivity index is 1.40. The first kappa shape index (κ1) is 22.1. The Labute approximate surface area is 199 Å². The monoisotopic (exact) mass is 454 g/mol. The summed E-state index contributed by atoms with van der Waals surface area (Å²) < 4.78 is 2.00. The highest BCUT2D eigenvalue weighted by Gasteiger charge is 2.19. The molecule has 1 aliphatic heterocycles. The molecule has 1 N–H and O–H groups in total. The number of amides is 1. The zero-order valence-corrected chi connectivity index (χ0v) is 19.4. The lowest BCUT2D eigenvalue weighted by Gasteiger charge is -2.24. The molecule has 0 aliphatic carbocycles. The maximum absolute atomic E-state index is 12.8. The molecular weight excluding hydrogens is 424 g/mol. The van der Waals surface area contributed by atoms with E-state index < -0.39 is 0 Å². The number of hydrogen-bond donors (Lipinski definition) is 1. The molecule has 0 unspecified atom stereocenters. The van der Waals surface area contributed by atoms with Crippen molar-refractivity contribution >= 4 is 22.8 Å². The fraction of sp³-hybridized carbons (Fsp3) is 0.333. The molecule has 2 aromatic carbocycles. The number of hydrogen-bond acceptors (Lipinski definition) is 5. The maximum atomic E-state index is 12.8. The van der Waals surface area contributed by atoms with Crippen molar-refractivity contribution in [1.82, 2.24) is 24.8 Å². The quantitative estimate of drug-likeness (QED) is 0.410. The minimum absolute atomic E-state index is 0.0906. The molecule has 0 spiro atoms. The molecule has 5 rings (SSSR count). The molecule has 1 amide bonds. The van der Waals surface area contributed by atoms with E-state index in [0.717, 1.165) is 54.2 Å². The van der Waals surface area contributed by atoms with Crippen LogP contribution in [0.15, 0.2) is 67.3 Å². The Morgan fingerprint density at radius 1 is 0.941 bits per heavy atom. The molecule has 1 saturated heterocycles. The molecule has 0 saturated carbocycles. The predicted octanol–water partition coefficient (Wildman–Crippen LogP) is 4.69. The molecule has 7 heteroatoms. The van der Waals surface area contributed by atoms with Crippen molar-refractivity contribution in [3.63, 3.8) is 0 Å². The number of carbonyl (C=O) groups excluding carboxylic acids is 1. The van der Waals surface area contributed by atoms with Crippen LogP contribution in [0.25, 0.3) is 22.3 Å². The number of benzene rings is 2. The second-order valence-corrected chi connectivity index (χ2v) is 8.78. The van der Waals surface area contributed by atoms with Crippen LogP contribution < -0.4 is 10.2 Å². The summed E-state index contributed by atoms with van der Waals surface area (Å²) in [6.45, 7) is 3.42. The number of rotatable bonds is 7. The van der Waals surface area contributed by atoms with Crippen LogP contribution in [0.3, 0.4) is 0 Å². The van der Waals surface area contributed by atoms with Crippen molar-refractivity contribution < 1.29 is 4.79 Å². The molecule has 4 aromatic rings. The van der Waals surface area contributed by atoms with Gasteiger partial charge >= 0.3 is 0 Å². The number of nitrogens with zero attached hydrogens (tertiary/aromatic N) is 5. The second kappa shape index (κ2) is 10.5. The third kappa shape index (κ3) is 5.09. The zero-order chi connectivity index (χ0) is 23.2. The van der Waals surface area contributed by atoms with Gasteiger partial charge in [-0.3, -0.25) is 4.79 Å². The summed E-state index contributed by atoms with van der Waals surface area (Å²) in [5.41, 5.74) is 4.09. The van der Waals surface area contributed by atoms with Crippen molar-refractivity contribution in [2.45, 2.75) is 38.6 Å². The Kier molecular flexibility index (Phi) is 6.79. The maximum Gasteiger partial charge on any atom is 0.251 e. The summed E-state index contributed by atoms with van der Waals surface area (Å²) in [4.78, 5) is 29.3. The first-order valence-electron chi connectivity index (χ1n) is 12.1. The fourth-order valence-electron chi connectivity index (χ4n) is 4.46. The van der Waals surface area contributed by atoms with Gasteiger partial charge in [0.05, 0.1) is 17.4 Å². The van der Waals surface area contributed by atoms with Gasteiger partial charge < -0.3 is 14.8 Å². The Bertz CT molecular complexity index is 1230. The highest BCUT2D eigenvalue weighted by atomic mass is 16.1. The van der Waals surface area contributed by atoms with Gasteiger partial charge in [0.25, 0.3) is 5.91 Å². The van der Waals surface area contributed by atoms with Crippen molar-refractivity contribution in [2.24, 2.45) is 0 Å². The lowest BCUT2D eigenvalue weighted by Crippen LogP contribution is -2.26. The lowest BCUT2D eigenvalue weighted by atomic mass is 10.1. The number of fused-ring (bicyclic) bond motifs is 1. The van der Waals surface area contributed by atoms with Crippen molar-refractivity contribution in [3.8, 4) is 11.3 Å². The van der Waals surface area contributed by atoms with Crippen LogP contribution in [0.5, 0.6) is 0 Å². The summed E-state index contributed by atoms with van der Waals surface area (Å²) in [5, 5.41) is 3.01. The van der Waals surface area contributed by atoms with Gasteiger partial charge in [-0.2, -0.15) is 0 Å². The van der Waals surface area contributed by atoms with Gasteiger partial charge in [0.2, 0.25) is 0 Å². The molecule has 3 heterocycles. The summed E-state index contributed by atoms with van der Waals surface area (Å²) in [6.07, 6.45) is 11.2. The smallest absolute Gasteiger partial charge is 0.251 e. The van der Waals surface area contributed by atoms with Crippen molar-refractivity contribution in [3.05, 3.63) is 72.8 Å². The second-order valence-electron chi connectivity index (χ2n) is 8.78. The highest BCUT2D eigenvalue weighted by molar-refractivity contribution is 5.97. The SMILES string of the molecule is O=C(NCCCn1ccnc1)c1ccc2nc(N3CCCCCC3)c(-c3ccccc3)nc2c1. The Hall–Kier alpha value is -3.74. The number of aromatic nitrogens is 4. The average Bonchev–Trinajstić information content (AvgIpc) is 3.26. The van der Waals surface area contributed by atoms with Gasteiger partial charge in [-0.15, -0.1) is 0 Å². The number of imidazole rings is 1. The van der Waals surface area contributed by atoms with Gasteiger partial charge in [0.1, 0.15) is 5.69 Å². The molecule has 0 atom stereocenters.